The average molecular weight is 437 g/mol. The van der Waals surface area contributed by atoms with Crippen molar-refractivity contribution in [2.75, 3.05) is 0 Å². The lowest BCUT2D eigenvalue weighted by molar-refractivity contribution is -0.152. The molecule has 0 amide bonds. The number of carbonyl (C=O) groups excluding carboxylic acids is 1. The largest absolute Gasteiger partial charge is 0.481 e. The first-order chi connectivity index (χ1) is 14.5. The fraction of sp³-hybridized carbons (Fsp3) is 0.429. The van der Waals surface area contributed by atoms with E-state index in [0.29, 0.717) is 24.1 Å². The van der Waals surface area contributed by atoms with Crippen LogP contribution >= 0.6 is 0 Å². The summed E-state index contributed by atoms with van der Waals surface area (Å²) in [7, 11) is 0. The third-order valence-corrected chi connectivity index (χ3v) is 5.13. The Bertz CT molecular complexity index is 981. The molecule has 3 atom stereocenters. The number of rotatable bonds is 6. The van der Waals surface area contributed by atoms with Crippen LogP contribution in [0.3, 0.4) is 0 Å². The van der Waals surface area contributed by atoms with Gasteiger partial charge in [0.15, 0.2) is 0 Å². The van der Waals surface area contributed by atoms with Crippen LogP contribution in [0.4, 0.5) is 13.2 Å². The topological polar surface area (TPSA) is 115 Å². The number of aliphatic carboxylic acids is 1. The highest BCUT2D eigenvalue weighted by Gasteiger charge is 2.32. The molecule has 0 aliphatic heterocycles. The van der Waals surface area contributed by atoms with Crippen LogP contribution in [0, 0.1) is 5.92 Å². The smallest absolute Gasteiger partial charge is 0.416 e. The van der Waals surface area contributed by atoms with E-state index in [4.69, 9.17) is 15.6 Å². The number of carboxylic acid groups (broad SMARTS) is 1. The highest BCUT2D eigenvalue weighted by atomic mass is 19.4. The lowest BCUT2D eigenvalue weighted by Gasteiger charge is -2.29. The molecule has 1 aliphatic rings. The molecule has 7 nitrogen and oxygen atoms in total. The Balaban J connectivity index is 1.87. The zero-order valence-electron chi connectivity index (χ0n) is 16.7. The number of aromatic nitrogens is 2. The molecule has 1 aromatic heterocycles. The van der Waals surface area contributed by atoms with Crippen molar-refractivity contribution in [3.05, 3.63) is 47.2 Å². The van der Waals surface area contributed by atoms with Crippen molar-refractivity contribution in [1.29, 1.82) is 0 Å². The Morgan fingerprint density at radius 1 is 1.29 bits per heavy atom. The molecule has 3 rings (SSSR count). The predicted molar refractivity (Wildman–Crippen MR) is 104 cm³/mol. The zero-order chi connectivity index (χ0) is 22.8. The first-order valence-electron chi connectivity index (χ1n) is 9.76. The van der Waals surface area contributed by atoms with Gasteiger partial charge in [-0.3, -0.25) is 9.59 Å². The predicted octanol–water partition coefficient (Wildman–Crippen LogP) is 3.52. The van der Waals surface area contributed by atoms with Crippen LogP contribution in [0.25, 0.3) is 11.3 Å². The summed E-state index contributed by atoms with van der Waals surface area (Å²) in [6.45, 7) is 1.95. The van der Waals surface area contributed by atoms with Crippen LogP contribution < -0.4 is 5.73 Å². The van der Waals surface area contributed by atoms with E-state index in [0.717, 1.165) is 12.1 Å². The third kappa shape index (κ3) is 5.57. The van der Waals surface area contributed by atoms with Crippen LogP contribution in [-0.4, -0.2) is 33.3 Å². The Morgan fingerprint density at radius 3 is 2.71 bits per heavy atom. The van der Waals surface area contributed by atoms with Crippen molar-refractivity contribution in [2.24, 2.45) is 11.7 Å². The minimum atomic E-state index is -4.49. The number of ether oxygens (including phenoxy) is 1. The molecular weight excluding hydrogens is 415 g/mol. The van der Waals surface area contributed by atoms with Crippen molar-refractivity contribution in [2.45, 2.75) is 50.9 Å². The lowest BCUT2D eigenvalue weighted by Crippen LogP contribution is -2.35. The van der Waals surface area contributed by atoms with Crippen LogP contribution in [0.5, 0.6) is 0 Å². The Hall–Kier alpha value is -3.01. The molecule has 166 valence electrons. The molecule has 0 saturated carbocycles. The lowest BCUT2D eigenvalue weighted by atomic mass is 9.85. The number of fused-ring (bicyclic) bond motifs is 1. The van der Waals surface area contributed by atoms with Crippen molar-refractivity contribution >= 4 is 11.9 Å². The van der Waals surface area contributed by atoms with E-state index in [-0.39, 0.29) is 30.0 Å². The standard InChI is InChI=1S/C21H22F3N3O4/c1-11-7-17-14(18(8-11)31-20(30)15(25)5-6-19(28)29)10-16(26-27-17)12-3-2-4-13(9-12)21(22,23)24/h2-4,9-11,15,18H,5-8,25H2,1H3,(H,28,29). The quantitative estimate of drug-likeness (QED) is 0.665. The zero-order valence-corrected chi connectivity index (χ0v) is 16.7. The summed E-state index contributed by atoms with van der Waals surface area (Å²) in [5, 5.41) is 17.0. The molecule has 3 N–H and O–H groups in total. The second kappa shape index (κ2) is 9.01. The van der Waals surface area contributed by atoms with Crippen molar-refractivity contribution < 1.29 is 32.6 Å². The van der Waals surface area contributed by atoms with Gasteiger partial charge in [0.25, 0.3) is 0 Å². The number of hydrogen-bond donors (Lipinski definition) is 2. The first kappa shape index (κ1) is 22.7. The summed E-state index contributed by atoms with van der Waals surface area (Å²) in [6, 6.07) is 5.25. The van der Waals surface area contributed by atoms with Crippen LogP contribution in [-0.2, 0) is 26.9 Å². The number of nitrogens with zero attached hydrogens (tertiary/aromatic N) is 2. The molecule has 1 heterocycles. The number of alkyl halides is 3. The molecule has 31 heavy (non-hydrogen) atoms. The number of halogens is 3. The molecule has 0 saturated heterocycles. The van der Waals surface area contributed by atoms with Crippen LogP contribution in [0.15, 0.2) is 30.3 Å². The van der Waals surface area contributed by atoms with Gasteiger partial charge < -0.3 is 15.6 Å². The second-order valence-electron chi connectivity index (χ2n) is 7.72. The van der Waals surface area contributed by atoms with Crippen LogP contribution in [0.1, 0.15) is 49.1 Å². The SMILES string of the molecule is CC1Cc2nnc(-c3cccc(C(F)(F)F)c3)cc2C(OC(=O)C(N)CCC(=O)O)C1. The normalized spacial score (nSPS) is 19.4. The van der Waals surface area contributed by atoms with E-state index in [9.17, 15) is 22.8 Å². The number of nitrogens with two attached hydrogens (primary N) is 1. The maximum atomic E-state index is 13.1. The summed E-state index contributed by atoms with van der Waals surface area (Å²) in [5.41, 5.74) is 6.59. The first-order valence-corrected chi connectivity index (χ1v) is 9.76. The second-order valence-corrected chi connectivity index (χ2v) is 7.72. The summed E-state index contributed by atoms with van der Waals surface area (Å²) < 4.78 is 44.7. The van der Waals surface area contributed by atoms with Gasteiger partial charge in [-0.15, -0.1) is 0 Å². The Labute approximate surface area is 176 Å². The maximum absolute atomic E-state index is 13.1. The van der Waals surface area contributed by atoms with Gasteiger partial charge in [-0.1, -0.05) is 19.1 Å². The van der Waals surface area contributed by atoms with Gasteiger partial charge in [0.2, 0.25) is 0 Å². The molecule has 3 unspecified atom stereocenters. The molecule has 0 bridgehead atoms. The highest BCUT2D eigenvalue weighted by molar-refractivity contribution is 5.77. The minimum Gasteiger partial charge on any atom is -0.481 e. The molecule has 10 heteroatoms. The number of carboxylic acids is 1. The van der Waals surface area contributed by atoms with Gasteiger partial charge in [-0.2, -0.15) is 23.4 Å². The van der Waals surface area contributed by atoms with E-state index in [2.05, 4.69) is 10.2 Å². The Kier molecular flexibility index (Phi) is 6.59. The molecular formula is C21H22F3N3O4. The fourth-order valence-electron chi connectivity index (χ4n) is 3.51. The van der Waals surface area contributed by atoms with Crippen molar-refractivity contribution in [3.8, 4) is 11.3 Å². The van der Waals surface area contributed by atoms with Gasteiger partial charge in [0.05, 0.1) is 17.0 Å². The number of hydrogen-bond acceptors (Lipinski definition) is 6. The van der Waals surface area contributed by atoms with Gasteiger partial charge in [-0.25, -0.2) is 0 Å². The van der Waals surface area contributed by atoms with Gasteiger partial charge in [0, 0.05) is 17.5 Å². The highest BCUT2D eigenvalue weighted by Crippen LogP contribution is 2.37. The molecule has 0 spiro atoms. The molecule has 0 radical (unpaired) electrons. The molecule has 0 fully saturated rings. The van der Waals surface area contributed by atoms with Gasteiger partial charge in [0.1, 0.15) is 12.1 Å². The molecule has 1 aliphatic carbocycles. The van der Waals surface area contributed by atoms with Crippen molar-refractivity contribution in [3.63, 3.8) is 0 Å². The van der Waals surface area contributed by atoms with Gasteiger partial charge in [-0.05, 0) is 43.4 Å². The number of carbonyl (C=O) groups is 2. The molecule has 1 aromatic carbocycles. The summed E-state index contributed by atoms with van der Waals surface area (Å²) >= 11 is 0. The Morgan fingerprint density at radius 2 is 2.03 bits per heavy atom. The van der Waals surface area contributed by atoms with E-state index in [1.807, 2.05) is 6.92 Å². The molecule has 2 aromatic rings. The average Bonchev–Trinajstić information content (AvgIpc) is 2.71. The number of esters is 1. The van der Waals surface area contributed by atoms with Crippen LogP contribution in [0.2, 0.25) is 0 Å². The summed E-state index contributed by atoms with van der Waals surface area (Å²) in [5.74, 6) is -1.67. The summed E-state index contributed by atoms with van der Waals surface area (Å²) in [4.78, 5) is 23.0. The fourth-order valence-corrected chi connectivity index (χ4v) is 3.51. The monoisotopic (exact) mass is 437 g/mol. The van der Waals surface area contributed by atoms with E-state index < -0.39 is 35.8 Å². The number of benzene rings is 1. The third-order valence-electron chi connectivity index (χ3n) is 5.13. The minimum absolute atomic E-state index is 0.0621. The van der Waals surface area contributed by atoms with E-state index in [1.165, 1.54) is 12.1 Å². The summed E-state index contributed by atoms with van der Waals surface area (Å²) in [6.07, 6.45) is -4.44. The maximum Gasteiger partial charge on any atom is 0.416 e. The van der Waals surface area contributed by atoms with E-state index in [1.54, 1.807) is 6.07 Å². The van der Waals surface area contributed by atoms with E-state index >= 15 is 0 Å². The van der Waals surface area contributed by atoms with Gasteiger partial charge >= 0.3 is 18.1 Å². The van der Waals surface area contributed by atoms with Crippen molar-refractivity contribution in [1.82, 2.24) is 10.2 Å².